The molecule has 2 unspecified atom stereocenters. The van der Waals surface area contributed by atoms with Crippen LogP contribution in [0.5, 0.6) is 0 Å². The summed E-state index contributed by atoms with van der Waals surface area (Å²) in [5, 5.41) is 3.18. The normalized spacial score (nSPS) is 26.8. The van der Waals surface area contributed by atoms with E-state index in [2.05, 4.69) is 5.32 Å². The first-order chi connectivity index (χ1) is 9.75. The van der Waals surface area contributed by atoms with Crippen molar-refractivity contribution in [1.82, 2.24) is 10.2 Å². The minimum absolute atomic E-state index is 0.0969. The molecule has 20 heavy (non-hydrogen) atoms. The van der Waals surface area contributed by atoms with Crippen LogP contribution in [0.4, 0.5) is 4.39 Å². The average Bonchev–Trinajstić information content (AvgIpc) is 3.01. The molecule has 0 spiro atoms. The van der Waals surface area contributed by atoms with Gasteiger partial charge in [-0.2, -0.15) is 0 Å². The fourth-order valence-electron chi connectivity index (χ4n) is 2.55. The summed E-state index contributed by atoms with van der Waals surface area (Å²) < 4.78 is 19.4. The number of benzene rings is 1. The van der Waals surface area contributed by atoms with Crippen molar-refractivity contribution in [3.63, 3.8) is 0 Å². The number of nitrogens with zero attached hydrogens (tertiary/aromatic N) is 1. The topological polar surface area (TPSA) is 41.6 Å². The molecule has 0 saturated carbocycles. The molecule has 1 aromatic rings. The van der Waals surface area contributed by atoms with Crippen LogP contribution >= 0.6 is 11.8 Å². The van der Waals surface area contributed by atoms with Crippen molar-refractivity contribution < 1.29 is 13.9 Å². The van der Waals surface area contributed by atoms with Gasteiger partial charge in [-0.15, -0.1) is 11.8 Å². The maximum Gasteiger partial charge on any atom is 0.240 e. The van der Waals surface area contributed by atoms with Crippen LogP contribution in [0.15, 0.2) is 24.3 Å². The number of thioether (sulfide) groups is 1. The van der Waals surface area contributed by atoms with Gasteiger partial charge in [0.1, 0.15) is 11.9 Å². The lowest BCUT2D eigenvalue weighted by molar-refractivity contribution is -0.140. The predicted molar refractivity (Wildman–Crippen MR) is 75.9 cm³/mol. The Hall–Kier alpha value is -1.11. The van der Waals surface area contributed by atoms with Crippen molar-refractivity contribution in [2.75, 3.05) is 31.3 Å². The number of nitrogens with one attached hydrogen (secondary N) is 1. The molecule has 0 aliphatic carbocycles. The van der Waals surface area contributed by atoms with E-state index in [4.69, 9.17) is 4.74 Å². The molecule has 1 N–H and O–H groups in total. The largest absolute Gasteiger partial charge is 0.370 e. The Bertz CT molecular complexity index is 494. The first kappa shape index (κ1) is 13.9. The van der Waals surface area contributed by atoms with Gasteiger partial charge in [0, 0.05) is 23.7 Å². The van der Waals surface area contributed by atoms with Crippen molar-refractivity contribution in [3.8, 4) is 0 Å². The maximum atomic E-state index is 13.8. The third-order valence-corrected chi connectivity index (χ3v) is 4.58. The van der Waals surface area contributed by atoms with Crippen LogP contribution in [-0.4, -0.2) is 48.2 Å². The minimum Gasteiger partial charge on any atom is -0.370 e. The molecule has 2 aliphatic heterocycles. The number of rotatable bonds is 2. The van der Waals surface area contributed by atoms with Gasteiger partial charge < -0.3 is 9.64 Å². The Balaban J connectivity index is 1.70. The van der Waals surface area contributed by atoms with Crippen molar-refractivity contribution >= 4 is 17.7 Å². The second-order valence-electron chi connectivity index (χ2n) is 4.94. The van der Waals surface area contributed by atoms with Crippen LogP contribution < -0.4 is 5.32 Å². The summed E-state index contributed by atoms with van der Waals surface area (Å²) in [5.74, 6) is 1.44. The molecule has 108 valence electrons. The van der Waals surface area contributed by atoms with Crippen molar-refractivity contribution in [2.45, 2.75) is 12.1 Å². The summed E-state index contributed by atoms with van der Waals surface area (Å²) in [7, 11) is 0. The standard InChI is InChI=1S/C14H17FN2O2S/c15-11-4-2-1-3-10(11)13-7-17(5-6-19-13)14(18)12-8-20-9-16-12/h1-4,12-13,16H,5-9H2. The third kappa shape index (κ3) is 2.82. The Morgan fingerprint density at radius 1 is 1.45 bits per heavy atom. The quantitative estimate of drug-likeness (QED) is 0.895. The summed E-state index contributed by atoms with van der Waals surface area (Å²) in [6.45, 7) is 1.44. The van der Waals surface area contributed by atoms with Crippen LogP contribution in [0.3, 0.4) is 0 Å². The lowest BCUT2D eigenvalue weighted by atomic mass is 10.1. The predicted octanol–water partition coefficient (Wildman–Crippen LogP) is 1.39. The van der Waals surface area contributed by atoms with Gasteiger partial charge in [0.2, 0.25) is 5.91 Å². The number of carbonyl (C=O) groups is 1. The van der Waals surface area contributed by atoms with Gasteiger partial charge in [-0.25, -0.2) is 4.39 Å². The fraction of sp³-hybridized carbons (Fsp3) is 0.500. The van der Waals surface area contributed by atoms with E-state index in [1.807, 2.05) is 0 Å². The Labute approximate surface area is 121 Å². The summed E-state index contributed by atoms with van der Waals surface area (Å²) in [6, 6.07) is 6.48. The van der Waals surface area contributed by atoms with Crippen LogP contribution in [0.2, 0.25) is 0 Å². The van der Waals surface area contributed by atoms with E-state index in [9.17, 15) is 9.18 Å². The van der Waals surface area contributed by atoms with Gasteiger partial charge in [-0.1, -0.05) is 18.2 Å². The zero-order chi connectivity index (χ0) is 13.9. The van der Waals surface area contributed by atoms with Gasteiger partial charge in [0.15, 0.2) is 0 Å². The highest BCUT2D eigenvalue weighted by molar-refractivity contribution is 7.99. The zero-order valence-corrected chi connectivity index (χ0v) is 11.9. The molecule has 1 amide bonds. The molecule has 0 radical (unpaired) electrons. The molecular formula is C14H17FN2O2S. The van der Waals surface area contributed by atoms with Crippen LogP contribution in [-0.2, 0) is 9.53 Å². The Morgan fingerprint density at radius 2 is 2.30 bits per heavy atom. The number of morpholine rings is 1. The highest BCUT2D eigenvalue weighted by Gasteiger charge is 2.32. The maximum absolute atomic E-state index is 13.8. The number of hydrogen-bond acceptors (Lipinski definition) is 4. The lowest BCUT2D eigenvalue weighted by Crippen LogP contribution is -2.50. The summed E-state index contributed by atoms with van der Waals surface area (Å²) in [5.41, 5.74) is 0.527. The van der Waals surface area contributed by atoms with E-state index in [1.165, 1.54) is 6.07 Å². The van der Waals surface area contributed by atoms with Crippen molar-refractivity contribution in [1.29, 1.82) is 0 Å². The molecule has 3 rings (SSSR count). The van der Waals surface area contributed by atoms with E-state index < -0.39 is 0 Å². The molecule has 0 aromatic heterocycles. The van der Waals surface area contributed by atoms with Gasteiger partial charge in [-0.05, 0) is 6.07 Å². The summed E-state index contributed by atoms with van der Waals surface area (Å²) >= 11 is 1.72. The third-order valence-electron chi connectivity index (χ3n) is 3.64. The molecule has 2 aliphatic rings. The number of halogens is 1. The smallest absolute Gasteiger partial charge is 0.240 e. The Kier molecular flexibility index (Phi) is 4.24. The van der Waals surface area contributed by atoms with Crippen LogP contribution in [0.1, 0.15) is 11.7 Å². The summed E-state index contributed by atoms with van der Waals surface area (Å²) in [4.78, 5) is 14.1. The summed E-state index contributed by atoms with van der Waals surface area (Å²) in [6.07, 6.45) is -0.372. The van der Waals surface area contributed by atoms with E-state index in [0.717, 1.165) is 11.6 Å². The fourth-order valence-corrected chi connectivity index (χ4v) is 3.48. The average molecular weight is 296 g/mol. The minimum atomic E-state index is -0.372. The zero-order valence-electron chi connectivity index (χ0n) is 11.0. The number of hydrogen-bond donors (Lipinski definition) is 1. The Morgan fingerprint density at radius 3 is 3.05 bits per heavy atom. The molecule has 2 saturated heterocycles. The lowest BCUT2D eigenvalue weighted by Gasteiger charge is -2.34. The second kappa shape index (κ2) is 6.11. The number of carbonyl (C=O) groups excluding carboxylic acids is 1. The van der Waals surface area contributed by atoms with Gasteiger partial charge in [0.05, 0.1) is 19.2 Å². The molecule has 6 heteroatoms. The molecule has 4 nitrogen and oxygen atoms in total. The molecule has 2 atom stereocenters. The molecule has 2 heterocycles. The monoisotopic (exact) mass is 296 g/mol. The van der Waals surface area contributed by atoms with Gasteiger partial charge in [0.25, 0.3) is 0 Å². The first-order valence-electron chi connectivity index (χ1n) is 6.71. The first-order valence-corrected chi connectivity index (χ1v) is 7.87. The van der Waals surface area contributed by atoms with Crippen LogP contribution in [0, 0.1) is 5.82 Å². The van der Waals surface area contributed by atoms with Gasteiger partial charge in [-0.3, -0.25) is 10.1 Å². The highest BCUT2D eigenvalue weighted by Crippen LogP contribution is 2.25. The highest BCUT2D eigenvalue weighted by atomic mass is 32.2. The van der Waals surface area contributed by atoms with E-state index >= 15 is 0 Å². The SMILES string of the molecule is O=C(C1CSCN1)N1CCOC(c2ccccc2F)C1. The van der Waals surface area contributed by atoms with E-state index in [0.29, 0.717) is 25.3 Å². The van der Waals surface area contributed by atoms with E-state index in [1.54, 1.807) is 34.9 Å². The number of ether oxygens (including phenoxy) is 1. The van der Waals surface area contributed by atoms with Gasteiger partial charge >= 0.3 is 0 Å². The van der Waals surface area contributed by atoms with Crippen molar-refractivity contribution in [3.05, 3.63) is 35.6 Å². The molecule has 2 fully saturated rings. The van der Waals surface area contributed by atoms with Crippen molar-refractivity contribution in [2.24, 2.45) is 0 Å². The van der Waals surface area contributed by atoms with Crippen LogP contribution in [0.25, 0.3) is 0 Å². The number of amides is 1. The molecular weight excluding hydrogens is 279 g/mol. The van der Waals surface area contributed by atoms with E-state index in [-0.39, 0.29) is 23.9 Å². The second-order valence-corrected chi connectivity index (χ2v) is 5.97. The molecule has 1 aromatic carbocycles. The molecule has 0 bridgehead atoms.